The maximum absolute atomic E-state index is 5.87. The van der Waals surface area contributed by atoms with Gasteiger partial charge in [-0.3, -0.25) is 0 Å². The van der Waals surface area contributed by atoms with Crippen molar-refractivity contribution in [2.24, 2.45) is 5.73 Å². The molecule has 0 aliphatic rings. The SMILES string of the molecule is CCOC(CC)(CC)c1noc(CCCC(C)N)n1. The van der Waals surface area contributed by atoms with Crippen LogP contribution in [0.25, 0.3) is 0 Å². The van der Waals surface area contributed by atoms with E-state index < -0.39 is 5.60 Å². The van der Waals surface area contributed by atoms with Crippen molar-refractivity contribution in [3.63, 3.8) is 0 Å². The van der Waals surface area contributed by atoms with Gasteiger partial charge >= 0.3 is 0 Å². The van der Waals surface area contributed by atoms with Gasteiger partial charge in [-0.25, -0.2) is 0 Å². The summed E-state index contributed by atoms with van der Waals surface area (Å²) in [6.45, 7) is 8.82. The number of hydrogen-bond donors (Lipinski definition) is 1. The van der Waals surface area contributed by atoms with Gasteiger partial charge in [0.05, 0.1) is 0 Å². The molecular weight excluding hydrogens is 242 g/mol. The van der Waals surface area contributed by atoms with Crippen LogP contribution in [0.1, 0.15) is 65.1 Å². The Balaban J connectivity index is 2.70. The van der Waals surface area contributed by atoms with Gasteiger partial charge < -0.3 is 15.0 Å². The molecule has 1 heterocycles. The first-order valence-electron chi connectivity index (χ1n) is 7.30. The lowest BCUT2D eigenvalue weighted by molar-refractivity contribution is -0.0583. The number of nitrogens with zero attached hydrogens (tertiary/aromatic N) is 2. The van der Waals surface area contributed by atoms with E-state index in [-0.39, 0.29) is 6.04 Å². The fraction of sp³-hybridized carbons (Fsp3) is 0.857. The number of aromatic nitrogens is 2. The first-order chi connectivity index (χ1) is 9.07. The minimum absolute atomic E-state index is 0.219. The van der Waals surface area contributed by atoms with Crippen molar-refractivity contribution in [2.75, 3.05) is 6.61 Å². The molecule has 1 unspecified atom stereocenters. The van der Waals surface area contributed by atoms with Crippen molar-refractivity contribution in [2.45, 2.75) is 71.4 Å². The molecule has 1 aromatic heterocycles. The predicted octanol–water partition coefficient (Wildman–Crippen LogP) is 2.79. The number of rotatable bonds is 9. The summed E-state index contributed by atoms with van der Waals surface area (Å²) >= 11 is 0. The summed E-state index contributed by atoms with van der Waals surface area (Å²) in [6, 6.07) is 0.219. The molecule has 5 heteroatoms. The zero-order valence-corrected chi connectivity index (χ0v) is 12.6. The number of hydrogen-bond acceptors (Lipinski definition) is 5. The van der Waals surface area contributed by atoms with E-state index in [0.29, 0.717) is 18.3 Å². The van der Waals surface area contributed by atoms with Gasteiger partial charge in [0.15, 0.2) is 0 Å². The molecule has 110 valence electrons. The van der Waals surface area contributed by atoms with E-state index >= 15 is 0 Å². The first-order valence-corrected chi connectivity index (χ1v) is 7.30. The Labute approximate surface area is 115 Å². The van der Waals surface area contributed by atoms with E-state index in [1.165, 1.54) is 0 Å². The molecule has 1 atom stereocenters. The number of nitrogens with two attached hydrogens (primary N) is 1. The molecule has 0 aliphatic heterocycles. The highest BCUT2D eigenvalue weighted by Crippen LogP contribution is 2.30. The van der Waals surface area contributed by atoms with Gasteiger partial charge in [-0.05, 0) is 39.5 Å². The third kappa shape index (κ3) is 4.28. The highest BCUT2D eigenvalue weighted by Gasteiger charge is 2.34. The highest BCUT2D eigenvalue weighted by molar-refractivity contribution is 5.01. The van der Waals surface area contributed by atoms with Gasteiger partial charge in [0.25, 0.3) is 0 Å². The molecule has 5 nitrogen and oxygen atoms in total. The second-order valence-corrected chi connectivity index (χ2v) is 5.02. The fourth-order valence-electron chi connectivity index (χ4n) is 2.23. The molecule has 0 saturated carbocycles. The van der Waals surface area contributed by atoms with E-state index in [1.54, 1.807) is 0 Å². The summed E-state index contributed by atoms with van der Waals surface area (Å²) in [4.78, 5) is 4.50. The van der Waals surface area contributed by atoms with Crippen LogP contribution < -0.4 is 5.73 Å². The van der Waals surface area contributed by atoms with E-state index in [0.717, 1.165) is 32.1 Å². The molecule has 0 fully saturated rings. The van der Waals surface area contributed by atoms with Crippen LogP contribution in [0.2, 0.25) is 0 Å². The Kier molecular flexibility index (Phi) is 6.45. The zero-order valence-electron chi connectivity index (χ0n) is 12.6. The van der Waals surface area contributed by atoms with Crippen LogP contribution in [0.15, 0.2) is 4.52 Å². The summed E-state index contributed by atoms with van der Waals surface area (Å²) in [7, 11) is 0. The Hall–Kier alpha value is -0.940. The Morgan fingerprint density at radius 1 is 1.32 bits per heavy atom. The third-order valence-corrected chi connectivity index (χ3v) is 3.49. The topological polar surface area (TPSA) is 74.2 Å². The second-order valence-electron chi connectivity index (χ2n) is 5.02. The lowest BCUT2D eigenvalue weighted by Gasteiger charge is -2.27. The molecule has 0 aromatic carbocycles. The lowest BCUT2D eigenvalue weighted by Crippen LogP contribution is -2.29. The van der Waals surface area contributed by atoms with E-state index in [9.17, 15) is 0 Å². The van der Waals surface area contributed by atoms with Crippen molar-refractivity contribution >= 4 is 0 Å². The number of aryl methyl sites for hydroxylation is 1. The molecule has 0 amide bonds. The van der Waals surface area contributed by atoms with Gasteiger partial charge in [-0.2, -0.15) is 4.98 Å². The van der Waals surface area contributed by atoms with Crippen molar-refractivity contribution in [1.29, 1.82) is 0 Å². The summed E-state index contributed by atoms with van der Waals surface area (Å²) in [5.41, 5.74) is 5.32. The van der Waals surface area contributed by atoms with Crippen LogP contribution in [0.4, 0.5) is 0 Å². The molecule has 0 aliphatic carbocycles. The maximum Gasteiger partial charge on any atom is 0.226 e. The van der Waals surface area contributed by atoms with Gasteiger partial charge in [0.2, 0.25) is 11.7 Å². The molecule has 2 N–H and O–H groups in total. The van der Waals surface area contributed by atoms with Crippen LogP contribution in [0.3, 0.4) is 0 Å². The molecular formula is C14H27N3O2. The standard InChI is InChI=1S/C14H27N3O2/c1-5-14(6-2,18-7-3)13-16-12(19-17-13)10-8-9-11(4)15/h11H,5-10,15H2,1-4H3. The normalized spacial score (nSPS) is 13.7. The van der Waals surface area contributed by atoms with Crippen molar-refractivity contribution < 1.29 is 9.26 Å². The summed E-state index contributed by atoms with van der Waals surface area (Å²) in [6.07, 6.45) is 4.41. The number of ether oxygens (including phenoxy) is 1. The maximum atomic E-state index is 5.87. The highest BCUT2D eigenvalue weighted by atomic mass is 16.5. The van der Waals surface area contributed by atoms with Crippen molar-refractivity contribution in [3.8, 4) is 0 Å². The second kappa shape index (κ2) is 7.60. The van der Waals surface area contributed by atoms with Gasteiger partial charge in [0.1, 0.15) is 5.60 Å². The minimum Gasteiger partial charge on any atom is -0.367 e. The summed E-state index contributed by atoms with van der Waals surface area (Å²) in [5.74, 6) is 1.36. The molecule has 0 spiro atoms. The minimum atomic E-state index is -0.405. The Morgan fingerprint density at radius 2 is 2.00 bits per heavy atom. The van der Waals surface area contributed by atoms with Crippen LogP contribution >= 0.6 is 0 Å². The van der Waals surface area contributed by atoms with Crippen LogP contribution in [0.5, 0.6) is 0 Å². The molecule has 0 bridgehead atoms. The molecule has 0 radical (unpaired) electrons. The monoisotopic (exact) mass is 269 g/mol. The largest absolute Gasteiger partial charge is 0.367 e. The smallest absolute Gasteiger partial charge is 0.226 e. The molecule has 1 rings (SSSR count). The van der Waals surface area contributed by atoms with Crippen molar-refractivity contribution in [1.82, 2.24) is 10.1 Å². The first kappa shape index (κ1) is 16.1. The van der Waals surface area contributed by atoms with Crippen LogP contribution in [-0.2, 0) is 16.8 Å². The van der Waals surface area contributed by atoms with E-state index in [4.69, 9.17) is 15.0 Å². The van der Waals surface area contributed by atoms with Gasteiger partial charge in [0, 0.05) is 19.1 Å². The summed E-state index contributed by atoms with van der Waals surface area (Å²) in [5, 5.41) is 4.10. The summed E-state index contributed by atoms with van der Waals surface area (Å²) < 4.78 is 11.2. The Morgan fingerprint density at radius 3 is 2.53 bits per heavy atom. The average molecular weight is 269 g/mol. The predicted molar refractivity (Wildman–Crippen MR) is 74.8 cm³/mol. The molecule has 19 heavy (non-hydrogen) atoms. The van der Waals surface area contributed by atoms with E-state index in [2.05, 4.69) is 24.0 Å². The fourth-order valence-corrected chi connectivity index (χ4v) is 2.23. The van der Waals surface area contributed by atoms with Crippen LogP contribution in [0, 0.1) is 0 Å². The quantitative estimate of drug-likeness (QED) is 0.746. The van der Waals surface area contributed by atoms with Crippen molar-refractivity contribution in [3.05, 3.63) is 11.7 Å². The third-order valence-electron chi connectivity index (χ3n) is 3.49. The molecule has 1 aromatic rings. The van der Waals surface area contributed by atoms with E-state index in [1.807, 2.05) is 13.8 Å². The van der Waals surface area contributed by atoms with Gasteiger partial charge in [-0.1, -0.05) is 19.0 Å². The van der Waals surface area contributed by atoms with Gasteiger partial charge in [-0.15, -0.1) is 0 Å². The lowest BCUT2D eigenvalue weighted by atomic mass is 9.96. The van der Waals surface area contributed by atoms with Crippen LogP contribution in [-0.4, -0.2) is 22.8 Å². The molecule has 0 saturated heterocycles. The zero-order chi connectivity index (χ0) is 14.3. The average Bonchev–Trinajstić information content (AvgIpc) is 2.85. The Bertz CT molecular complexity index is 359.